The molecule has 1 atom stereocenters. The van der Waals surface area contributed by atoms with Crippen LogP contribution in [0.5, 0.6) is 5.75 Å². The molecule has 1 aliphatic carbocycles. The number of aliphatic hydroxyl groups excluding tert-OH is 1. The van der Waals surface area contributed by atoms with Crippen LogP contribution in [0.2, 0.25) is 10.0 Å². The van der Waals surface area contributed by atoms with Gasteiger partial charge in [-0.2, -0.15) is 0 Å². The first-order valence-electron chi connectivity index (χ1n) is 7.51. The van der Waals surface area contributed by atoms with Crippen molar-refractivity contribution in [2.75, 3.05) is 6.61 Å². The SMILES string of the molecule is OCc1cc(Cl)cc(Cl)c1OCC1CCC2(CCCC2)O1. The highest BCUT2D eigenvalue weighted by Crippen LogP contribution is 2.43. The van der Waals surface area contributed by atoms with Crippen LogP contribution in [0.3, 0.4) is 0 Å². The Morgan fingerprint density at radius 3 is 2.71 bits per heavy atom. The van der Waals surface area contributed by atoms with Crippen LogP contribution >= 0.6 is 23.2 Å². The van der Waals surface area contributed by atoms with E-state index in [-0.39, 0.29) is 18.3 Å². The van der Waals surface area contributed by atoms with E-state index in [1.807, 2.05) is 0 Å². The maximum Gasteiger partial charge on any atom is 0.143 e. The van der Waals surface area contributed by atoms with Crippen molar-refractivity contribution in [3.8, 4) is 5.75 Å². The number of halogens is 2. The van der Waals surface area contributed by atoms with Crippen LogP contribution < -0.4 is 4.74 Å². The van der Waals surface area contributed by atoms with Crippen LogP contribution in [-0.4, -0.2) is 23.4 Å². The first-order chi connectivity index (χ1) is 10.1. The predicted molar refractivity (Wildman–Crippen MR) is 83.2 cm³/mol. The Balaban J connectivity index is 1.63. The highest BCUT2D eigenvalue weighted by atomic mass is 35.5. The molecule has 2 fully saturated rings. The lowest BCUT2D eigenvalue weighted by atomic mass is 9.98. The van der Waals surface area contributed by atoms with Gasteiger partial charge >= 0.3 is 0 Å². The van der Waals surface area contributed by atoms with Crippen molar-refractivity contribution >= 4 is 23.2 Å². The third kappa shape index (κ3) is 3.31. The summed E-state index contributed by atoms with van der Waals surface area (Å²) in [5.74, 6) is 0.513. The molecule has 1 aromatic rings. The fourth-order valence-electron chi connectivity index (χ4n) is 3.47. The number of rotatable bonds is 4. The second-order valence-corrected chi connectivity index (χ2v) is 6.86. The van der Waals surface area contributed by atoms with Gasteiger partial charge in [-0.25, -0.2) is 0 Å². The second kappa shape index (κ2) is 6.33. The van der Waals surface area contributed by atoms with E-state index in [9.17, 15) is 5.11 Å². The van der Waals surface area contributed by atoms with Crippen molar-refractivity contribution in [1.29, 1.82) is 0 Å². The fourth-order valence-corrected chi connectivity index (χ4v) is 4.06. The maximum absolute atomic E-state index is 9.40. The highest BCUT2D eigenvalue weighted by molar-refractivity contribution is 6.35. The van der Waals surface area contributed by atoms with Gasteiger partial charge in [0.1, 0.15) is 12.4 Å². The Hall–Kier alpha value is -0.480. The van der Waals surface area contributed by atoms with Gasteiger partial charge in [-0.3, -0.25) is 0 Å². The zero-order valence-corrected chi connectivity index (χ0v) is 13.4. The van der Waals surface area contributed by atoms with Gasteiger partial charge in [0, 0.05) is 10.6 Å². The van der Waals surface area contributed by atoms with Crippen LogP contribution in [0.4, 0.5) is 0 Å². The minimum absolute atomic E-state index is 0.109. The summed E-state index contributed by atoms with van der Waals surface area (Å²) in [6, 6.07) is 3.31. The van der Waals surface area contributed by atoms with Gasteiger partial charge in [-0.1, -0.05) is 36.0 Å². The third-order valence-electron chi connectivity index (χ3n) is 4.52. The van der Waals surface area contributed by atoms with Gasteiger partial charge in [0.2, 0.25) is 0 Å². The Morgan fingerprint density at radius 2 is 2.00 bits per heavy atom. The smallest absolute Gasteiger partial charge is 0.143 e. The largest absolute Gasteiger partial charge is 0.489 e. The van der Waals surface area contributed by atoms with E-state index >= 15 is 0 Å². The van der Waals surface area contributed by atoms with Crippen LogP contribution in [0.1, 0.15) is 44.1 Å². The molecule has 0 amide bonds. The zero-order chi connectivity index (χ0) is 14.9. The minimum Gasteiger partial charge on any atom is -0.489 e. The first-order valence-corrected chi connectivity index (χ1v) is 8.27. The van der Waals surface area contributed by atoms with Gasteiger partial charge < -0.3 is 14.6 Å². The Labute approximate surface area is 135 Å². The van der Waals surface area contributed by atoms with Crippen molar-refractivity contribution in [2.24, 2.45) is 0 Å². The number of hydrogen-bond donors (Lipinski definition) is 1. The van der Waals surface area contributed by atoms with Crippen molar-refractivity contribution in [1.82, 2.24) is 0 Å². The summed E-state index contributed by atoms with van der Waals surface area (Å²) >= 11 is 12.1. The lowest BCUT2D eigenvalue weighted by Crippen LogP contribution is -2.27. The lowest BCUT2D eigenvalue weighted by molar-refractivity contribution is -0.0510. The molecule has 3 rings (SSSR count). The topological polar surface area (TPSA) is 38.7 Å². The van der Waals surface area contributed by atoms with Crippen molar-refractivity contribution in [3.05, 3.63) is 27.7 Å². The number of hydrogen-bond acceptors (Lipinski definition) is 3. The minimum atomic E-state index is -0.148. The van der Waals surface area contributed by atoms with Crippen molar-refractivity contribution < 1.29 is 14.6 Å². The van der Waals surface area contributed by atoms with Crippen LogP contribution in [0, 0.1) is 0 Å². The molecule has 116 valence electrons. The van der Waals surface area contributed by atoms with Gasteiger partial charge in [0.25, 0.3) is 0 Å². The van der Waals surface area contributed by atoms with Crippen molar-refractivity contribution in [2.45, 2.75) is 56.8 Å². The van der Waals surface area contributed by atoms with E-state index in [1.165, 1.54) is 25.7 Å². The molecule has 2 aliphatic rings. The van der Waals surface area contributed by atoms with Crippen molar-refractivity contribution in [3.63, 3.8) is 0 Å². The summed E-state index contributed by atoms with van der Waals surface area (Å²) in [5, 5.41) is 10.3. The molecule has 0 radical (unpaired) electrons. The summed E-state index contributed by atoms with van der Waals surface area (Å²) in [5.41, 5.74) is 0.721. The summed E-state index contributed by atoms with van der Waals surface area (Å²) < 4.78 is 12.0. The van der Waals surface area contributed by atoms with Crippen LogP contribution in [-0.2, 0) is 11.3 Å². The highest BCUT2D eigenvalue weighted by Gasteiger charge is 2.42. The average molecular weight is 331 g/mol. The van der Waals surface area contributed by atoms with E-state index in [0.29, 0.717) is 28.0 Å². The third-order valence-corrected chi connectivity index (χ3v) is 5.02. The molecule has 1 heterocycles. The van der Waals surface area contributed by atoms with Gasteiger partial charge in [-0.15, -0.1) is 0 Å². The molecule has 21 heavy (non-hydrogen) atoms. The molecule has 5 heteroatoms. The van der Waals surface area contributed by atoms with E-state index < -0.39 is 0 Å². The Kier molecular flexibility index (Phi) is 4.65. The summed E-state index contributed by atoms with van der Waals surface area (Å²) in [4.78, 5) is 0. The van der Waals surface area contributed by atoms with Crippen LogP contribution in [0.25, 0.3) is 0 Å². The second-order valence-electron chi connectivity index (χ2n) is 6.01. The fraction of sp³-hybridized carbons (Fsp3) is 0.625. The molecule has 0 bridgehead atoms. The van der Waals surface area contributed by atoms with E-state index in [2.05, 4.69) is 0 Å². The molecule has 1 saturated carbocycles. The molecule has 1 aliphatic heterocycles. The quantitative estimate of drug-likeness (QED) is 0.891. The molecule has 3 nitrogen and oxygen atoms in total. The molecular formula is C16H20Cl2O3. The van der Waals surface area contributed by atoms with E-state index in [4.69, 9.17) is 32.7 Å². The van der Waals surface area contributed by atoms with Crippen LogP contribution in [0.15, 0.2) is 12.1 Å². The van der Waals surface area contributed by atoms with Gasteiger partial charge in [0.15, 0.2) is 0 Å². The lowest BCUT2D eigenvalue weighted by Gasteiger charge is -2.24. The Bertz CT molecular complexity index is 512. The molecular weight excluding hydrogens is 311 g/mol. The standard InChI is InChI=1S/C16H20Cl2O3/c17-12-7-11(9-19)15(14(18)8-12)20-10-13-3-6-16(21-13)4-1-2-5-16/h7-8,13,19H,1-6,9-10H2. The summed E-state index contributed by atoms with van der Waals surface area (Å²) in [6.07, 6.45) is 7.15. The molecule has 1 saturated heterocycles. The molecule has 1 spiro atoms. The van der Waals surface area contributed by atoms with Gasteiger partial charge in [0.05, 0.1) is 23.3 Å². The molecule has 1 aromatic carbocycles. The number of ether oxygens (including phenoxy) is 2. The van der Waals surface area contributed by atoms with E-state index in [1.54, 1.807) is 12.1 Å². The number of benzene rings is 1. The monoisotopic (exact) mass is 330 g/mol. The molecule has 1 unspecified atom stereocenters. The normalized spacial score (nSPS) is 23.9. The first kappa shape index (κ1) is 15.4. The maximum atomic E-state index is 9.40. The molecule has 0 aromatic heterocycles. The zero-order valence-electron chi connectivity index (χ0n) is 11.9. The summed E-state index contributed by atoms with van der Waals surface area (Å²) in [6.45, 7) is 0.321. The van der Waals surface area contributed by atoms with Gasteiger partial charge in [-0.05, 0) is 37.8 Å². The average Bonchev–Trinajstić information content (AvgIpc) is 3.08. The molecule has 1 N–H and O–H groups in total. The van der Waals surface area contributed by atoms with E-state index in [0.717, 1.165) is 12.8 Å². The summed E-state index contributed by atoms with van der Waals surface area (Å²) in [7, 11) is 0. The number of aliphatic hydroxyl groups is 1. The Morgan fingerprint density at radius 1 is 1.24 bits per heavy atom. The predicted octanol–water partition coefficient (Wildman–Crippen LogP) is 4.36.